The number of aliphatic carboxylic acids is 1. The molecule has 9 nitrogen and oxygen atoms in total. The SMILES string of the molecule is O=C(O)CCCCC(=O)NCc1ccc([C@@H]2O[C@H](CN3CCN(Cc4ccccc4)CC3)C[C@H](c3ccc(CO)cc3)O2)cc1. The molecule has 0 aromatic heterocycles. The van der Waals surface area contributed by atoms with Gasteiger partial charge < -0.3 is 25.0 Å². The second kappa shape index (κ2) is 16.6. The Morgan fingerprint density at radius 3 is 2.09 bits per heavy atom. The predicted octanol–water partition coefficient (Wildman–Crippen LogP) is 4.80. The number of hydrogen-bond acceptors (Lipinski definition) is 7. The maximum atomic E-state index is 12.2. The van der Waals surface area contributed by atoms with Gasteiger partial charge in [-0.15, -0.1) is 0 Å². The fourth-order valence-electron chi connectivity index (χ4n) is 5.94. The lowest BCUT2D eigenvalue weighted by atomic mass is 9.99. The maximum Gasteiger partial charge on any atom is 0.303 e. The Hall–Kier alpha value is -3.60. The summed E-state index contributed by atoms with van der Waals surface area (Å²) < 4.78 is 13.1. The van der Waals surface area contributed by atoms with E-state index in [1.165, 1.54) is 5.56 Å². The van der Waals surface area contributed by atoms with Crippen molar-refractivity contribution >= 4 is 11.9 Å². The number of aliphatic hydroxyl groups excluding tert-OH is 1. The van der Waals surface area contributed by atoms with E-state index in [1.54, 1.807) is 0 Å². The molecule has 0 radical (unpaired) electrons. The van der Waals surface area contributed by atoms with Gasteiger partial charge in [-0.1, -0.05) is 78.9 Å². The third-order valence-electron chi connectivity index (χ3n) is 8.58. The second-order valence-corrected chi connectivity index (χ2v) is 12.0. The van der Waals surface area contributed by atoms with E-state index in [0.717, 1.165) is 67.9 Å². The normalized spacial score (nSPS) is 21.0. The number of carbonyl (C=O) groups excluding carboxylic acids is 1. The zero-order valence-electron chi connectivity index (χ0n) is 25.9. The van der Waals surface area contributed by atoms with Crippen LogP contribution in [0.25, 0.3) is 0 Å². The van der Waals surface area contributed by atoms with E-state index in [-0.39, 0.29) is 31.1 Å². The van der Waals surface area contributed by atoms with Crippen LogP contribution in [0.2, 0.25) is 0 Å². The Labute approximate surface area is 265 Å². The molecule has 2 aliphatic rings. The first kappa shape index (κ1) is 32.8. The largest absolute Gasteiger partial charge is 0.481 e. The molecule has 0 unspecified atom stereocenters. The molecule has 0 aliphatic carbocycles. The van der Waals surface area contributed by atoms with Crippen LogP contribution in [0.3, 0.4) is 0 Å². The van der Waals surface area contributed by atoms with Crippen molar-refractivity contribution in [3.05, 3.63) is 107 Å². The van der Waals surface area contributed by atoms with Crippen LogP contribution < -0.4 is 5.32 Å². The van der Waals surface area contributed by atoms with Gasteiger partial charge in [0, 0.05) is 70.6 Å². The topological polar surface area (TPSA) is 112 Å². The fourth-order valence-corrected chi connectivity index (χ4v) is 5.94. The molecule has 2 heterocycles. The molecule has 0 bridgehead atoms. The minimum atomic E-state index is -0.837. The summed E-state index contributed by atoms with van der Waals surface area (Å²) >= 11 is 0. The number of amides is 1. The minimum Gasteiger partial charge on any atom is -0.481 e. The zero-order valence-corrected chi connectivity index (χ0v) is 25.9. The smallest absolute Gasteiger partial charge is 0.303 e. The van der Waals surface area contributed by atoms with E-state index < -0.39 is 12.3 Å². The Morgan fingerprint density at radius 2 is 1.40 bits per heavy atom. The molecule has 2 saturated heterocycles. The first-order valence-corrected chi connectivity index (χ1v) is 16.0. The Kier molecular flexibility index (Phi) is 12.1. The molecule has 240 valence electrons. The highest BCUT2D eigenvalue weighted by atomic mass is 16.7. The van der Waals surface area contributed by atoms with Crippen LogP contribution in [0, 0.1) is 0 Å². The molecule has 2 aliphatic heterocycles. The Balaban J connectivity index is 1.17. The van der Waals surface area contributed by atoms with Crippen LogP contribution in [0.4, 0.5) is 0 Å². The van der Waals surface area contributed by atoms with Crippen molar-refractivity contribution in [2.24, 2.45) is 0 Å². The molecular weight excluding hydrogens is 570 g/mol. The van der Waals surface area contributed by atoms with Crippen molar-refractivity contribution < 1.29 is 29.3 Å². The summed E-state index contributed by atoms with van der Waals surface area (Å²) in [4.78, 5) is 27.8. The van der Waals surface area contributed by atoms with Gasteiger partial charge >= 0.3 is 5.97 Å². The molecular formula is C36H45N3O6. The maximum absolute atomic E-state index is 12.2. The van der Waals surface area contributed by atoms with Gasteiger partial charge in [0.15, 0.2) is 6.29 Å². The van der Waals surface area contributed by atoms with E-state index in [4.69, 9.17) is 14.6 Å². The summed E-state index contributed by atoms with van der Waals surface area (Å²) in [6, 6.07) is 26.5. The third kappa shape index (κ3) is 10.2. The lowest BCUT2D eigenvalue weighted by Crippen LogP contribution is -2.49. The zero-order chi connectivity index (χ0) is 31.4. The van der Waals surface area contributed by atoms with Gasteiger partial charge in [-0.25, -0.2) is 0 Å². The number of carbonyl (C=O) groups is 2. The molecule has 9 heteroatoms. The van der Waals surface area contributed by atoms with Gasteiger partial charge in [-0.3, -0.25) is 19.4 Å². The van der Waals surface area contributed by atoms with Gasteiger partial charge in [0.25, 0.3) is 0 Å². The number of benzene rings is 3. The molecule has 0 saturated carbocycles. The highest BCUT2D eigenvalue weighted by molar-refractivity contribution is 5.75. The number of ether oxygens (including phenoxy) is 2. The van der Waals surface area contributed by atoms with E-state index >= 15 is 0 Å². The number of carboxylic acids is 1. The quantitative estimate of drug-likeness (QED) is 0.222. The number of nitrogens with one attached hydrogen (secondary N) is 1. The van der Waals surface area contributed by atoms with Gasteiger partial charge in [0.2, 0.25) is 5.91 Å². The molecule has 3 N–H and O–H groups in total. The highest BCUT2D eigenvalue weighted by Crippen LogP contribution is 2.38. The van der Waals surface area contributed by atoms with Crippen molar-refractivity contribution in [3.63, 3.8) is 0 Å². The van der Waals surface area contributed by atoms with E-state index in [0.29, 0.717) is 25.8 Å². The van der Waals surface area contributed by atoms with Crippen molar-refractivity contribution in [1.82, 2.24) is 15.1 Å². The number of aliphatic hydroxyl groups is 1. The predicted molar refractivity (Wildman–Crippen MR) is 171 cm³/mol. The lowest BCUT2D eigenvalue weighted by Gasteiger charge is -2.40. The van der Waals surface area contributed by atoms with E-state index in [1.807, 2.05) is 48.5 Å². The monoisotopic (exact) mass is 615 g/mol. The van der Waals surface area contributed by atoms with Crippen molar-refractivity contribution in [3.8, 4) is 0 Å². The van der Waals surface area contributed by atoms with Crippen LogP contribution >= 0.6 is 0 Å². The number of nitrogens with zero attached hydrogens (tertiary/aromatic N) is 2. The van der Waals surface area contributed by atoms with Crippen molar-refractivity contribution in [2.45, 2.75) is 70.3 Å². The van der Waals surface area contributed by atoms with Gasteiger partial charge in [0.1, 0.15) is 0 Å². The number of hydrogen-bond donors (Lipinski definition) is 3. The number of piperazine rings is 1. The number of unbranched alkanes of at least 4 members (excludes halogenated alkanes) is 1. The van der Waals surface area contributed by atoms with Crippen LogP contribution in [0.1, 0.15) is 72.3 Å². The standard InChI is InChI=1S/C36H45N3O6/c40-26-29-12-14-30(15-13-29)33-22-32(25-39-20-18-38(19-21-39)24-28-6-2-1-3-7-28)44-36(45-33)31-16-10-27(11-17-31)23-37-34(41)8-4-5-9-35(42)43/h1-3,6-7,10-17,32-33,36,40H,4-5,8-9,18-26H2,(H,37,41)(H,42,43)/t32-,33+,36+/m0/s1. The average molecular weight is 616 g/mol. The van der Waals surface area contributed by atoms with E-state index in [9.17, 15) is 14.7 Å². The fraction of sp³-hybridized carbons (Fsp3) is 0.444. The highest BCUT2D eigenvalue weighted by Gasteiger charge is 2.33. The summed E-state index contributed by atoms with van der Waals surface area (Å²) in [6.07, 6.45) is 1.53. The van der Waals surface area contributed by atoms with Gasteiger partial charge in [0.05, 0.1) is 18.8 Å². The number of rotatable bonds is 14. The van der Waals surface area contributed by atoms with Crippen LogP contribution in [0.5, 0.6) is 0 Å². The van der Waals surface area contributed by atoms with Crippen LogP contribution in [-0.2, 0) is 38.8 Å². The summed E-state index contributed by atoms with van der Waals surface area (Å²) in [5, 5.41) is 21.2. The first-order chi connectivity index (χ1) is 21.9. The van der Waals surface area contributed by atoms with Crippen LogP contribution in [-0.4, -0.2) is 70.7 Å². The molecule has 3 atom stereocenters. The van der Waals surface area contributed by atoms with Crippen LogP contribution in [0.15, 0.2) is 78.9 Å². The molecule has 2 fully saturated rings. The third-order valence-corrected chi connectivity index (χ3v) is 8.58. The van der Waals surface area contributed by atoms with Gasteiger partial charge in [-0.05, 0) is 35.1 Å². The average Bonchev–Trinajstić information content (AvgIpc) is 3.07. The summed E-state index contributed by atoms with van der Waals surface area (Å²) in [7, 11) is 0. The first-order valence-electron chi connectivity index (χ1n) is 16.0. The molecule has 0 spiro atoms. The van der Waals surface area contributed by atoms with E-state index in [2.05, 4.69) is 45.4 Å². The van der Waals surface area contributed by atoms with Crippen molar-refractivity contribution in [1.29, 1.82) is 0 Å². The molecule has 3 aromatic carbocycles. The Bertz CT molecular complexity index is 1340. The molecule has 45 heavy (non-hydrogen) atoms. The van der Waals surface area contributed by atoms with Crippen molar-refractivity contribution in [2.75, 3.05) is 32.7 Å². The lowest BCUT2D eigenvalue weighted by molar-refractivity contribution is -0.253. The Morgan fingerprint density at radius 1 is 0.756 bits per heavy atom. The summed E-state index contributed by atoms with van der Waals surface area (Å²) in [5.41, 5.74) is 5.18. The number of carboxylic acid groups (broad SMARTS) is 1. The molecule has 5 rings (SSSR count). The summed E-state index contributed by atoms with van der Waals surface area (Å²) in [5.74, 6) is -0.918. The second-order valence-electron chi connectivity index (χ2n) is 12.0. The summed E-state index contributed by atoms with van der Waals surface area (Å²) in [6.45, 7) is 6.25. The minimum absolute atomic E-state index is 0.00738. The molecule has 3 aromatic rings. The van der Waals surface area contributed by atoms with Gasteiger partial charge in [-0.2, -0.15) is 0 Å². The molecule has 1 amide bonds.